The van der Waals surface area contributed by atoms with Gasteiger partial charge in [-0.3, -0.25) is 9.59 Å². The third-order valence-corrected chi connectivity index (χ3v) is 4.44. The molecule has 0 spiro atoms. The maximum atomic E-state index is 13.1. The minimum Gasteiger partial charge on any atom is -0.460 e. The summed E-state index contributed by atoms with van der Waals surface area (Å²) in [6.45, 7) is 9.23. The van der Waals surface area contributed by atoms with Crippen LogP contribution in [0.15, 0.2) is 30.3 Å². The van der Waals surface area contributed by atoms with E-state index in [1.807, 2.05) is 44.2 Å². The molecule has 6 nitrogen and oxygen atoms in total. The molecule has 1 heterocycles. The van der Waals surface area contributed by atoms with Crippen molar-refractivity contribution in [3.05, 3.63) is 35.9 Å². The van der Waals surface area contributed by atoms with Crippen LogP contribution in [-0.2, 0) is 25.5 Å². The van der Waals surface area contributed by atoms with Crippen LogP contribution < -0.4 is 0 Å². The fourth-order valence-electron chi connectivity index (χ4n) is 3.12. The minimum atomic E-state index is -0.643. The first-order valence-electron chi connectivity index (χ1n) is 9.34. The van der Waals surface area contributed by atoms with E-state index in [1.165, 1.54) is 4.90 Å². The van der Waals surface area contributed by atoms with Gasteiger partial charge in [-0.25, -0.2) is 9.69 Å². The number of nitrogens with zero attached hydrogens (tertiary/aromatic N) is 1. The first kappa shape index (κ1) is 20.9. The summed E-state index contributed by atoms with van der Waals surface area (Å²) >= 11 is 0. The fourth-order valence-corrected chi connectivity index (χ4v) is 3.12. The zero-order valence-electron chi connectivity index (χ0n) is 16.7. The Labute approximate surface area is 160 Å². The average Bonchev–Trinajstić information content (AvgIpc) is 2.91. The third kappa shape index (κ3) is 5.81. The van der Waals surface area contributed by atoms with Crippen molar-refractivity contribution in [1.82, 2.24) is 4.90 Å². The van der Waals surface area contributed by atoms with Gasteiger partial charge in [-0.05, 0) is 38.7 Å². The molecule has 1 saturated heterocycles. The molecule has 2 rings (SSSR count). The lowest BCUT2D eigenvalue weighted by molar-refractivity contribution is -0.159. The highest BCUT2D eigenvalue weighted by atomic mass is 16.6. The lowest BCUT2D eigenvalue weighted by Crippen LogP contribution is -2.45. The predicted octanol–water partition coefficient (Wildman–Crippen LogP) is 3.58. The van der Waals surface area contributed by atoms with Gasteiger partial charge in [0.25, 0.3) is 0 Å². The van der Waals surface area contributed by atoms with Crippen molar-refractivity contribution < 1.29 is 23.9 Å². The number of ether oxygens (including phenoxy) is 2. The van der Waals surface area contributed by atoms with Gasteiger partial charge in [-0.2, -0.15) is 0 Å². The Balaban J connectivity index is 2.14. The molecule has 2 atom stereocenters. The summed E-state index contributed by atoms with van der Waals surface area (Å²) < 4.78 is 10.5. The number of hydrogen-bond donors (Lipinski definition) is 0. The fraction of sp³-hybridized carbons (Fsp3) is 0.571. The molecule has 0 aromatic heterocycles. The van der Waals surface area contributed by atoms with E-state index in [-0.39, 0.29) is 30.9 Å². The number of cyclic esters (lactones) is 1. The number of carbonyl (C=O) groups is 3. The molecule has 1 aliphatic rings. The first-order valence-corrected chi connectivity index (χ1v) is 9.34. The summed E-state index contributed by atoms with van der Waals surface area (Å²) in [7, 11) is 0. The Hall–Kier alpha value is -2.37. The van der Waals surface area contributed by atoms with Crippen LogP contribution in [0.1, 0.15) is 46.6 Å². The molecular weight excluding hydrogens is 346 g/mol. The average molecular weight is 375 g/mol. The molecule has 0 N–H and O–H groups in total. The lowest BCUT2D eigenvalue weighted by Gasteiger charge is -2.28. The molecule has 0 bridgehead atoms. The second kappa shape index (κ2) is 8.55. The molecule has 1 aliphatic heterocycles. The van der Waals surface area contributed by atoms with E-state index in [0.29, 0.717) is 6.42 Å². The molecule has 6 heteroatoms. The van der Waals surface area contributed by atoms with E-state index >= 15 is 0 Å². The van der Waals surface area contributed by atoms with E-state index in [0.717, 1.165) is 5.56 Å². The van der Waals surface area contributed by atoms with Gasteiger partial charge >= 0.3 is 12.1 Å². The molecule has 0 radical (unpaired) electrons. The van der Waals surface area contributed by atoms with Gasteiger partial charge in [-0.1, -0.05) is 44.2 Å². The molecule has 2 amide bonds. The van der Waals surface area contributed by atoms with Gasteiger partial charge in [0.15, 0.2) is 0 Å². The molecule has 2 unspecified atom stereocenters. The molecule has 148 valence electrons. The number of carbonyl (C=O) groups excluding carboxylic acids is 3. The van der Waals surface area contributed by atoms with Gasteiger partial charge in [-0.15, -0.1) is 0 Å². The maximum Gasteiger partial charge on any atom is 0.416 e. The summed E-state index contributed by atoms with van der Waals surface area (Å²) in [6, 6.07) is 9.28. The number of amides is 2. The van der Waals surface area contributed by atoms with Crippen LogP contribution in [0.3, 0.4) is 0 Å². The van der Waals surface area contributed by atoms with Crippen LogP contribution in [-0.4, -0.2) is 41.1 Å². The smallest absolute Gasteiger partial charge is 0.416 e. The van der Waals surface area contributed by atoms with Crippen LogP contribution in [0, 0.1) is 11.8 Å². The quantitative estimate of drug-likeness (QED) is 0.711. The zero-order valence-corrected chi connectivity index (χ0v) is 16.7. The largest absolute Gasteiger partial charge is 0.460 e. The Bertz CT molecular complexity index is 678. The Morgan fingerprint density at radius 2 is 1.85 bits per heavy atom. The highest BCUT2D eigenvalue weighted by molar-refractivity contribution is 5.96. The number of benzene rings is 1. The maximum absolute atomic E-state index is 13.1. The van der Waals surface area contributed by atoms with Crippen LogP contribution in [0.5, 0.6) is 0 Å². The highest BCUT2D eigenvalue weighted by Gasteiger charge is 2.42. The summed E-state index contributed by atoms with van der Waals surface area (Å²) in [5, 5.41) is 0. The van der Waals surface area contributed by atoms with Gasteiger partial charge in [0, 0.05) is 0 Å². The normalized spacial score (nSPS) is 18.4. The molecule has 0 saturated carbocycles. The van der Waals surface area contributed by atoms with E-state index in [4.69, 9.17) is 9.47 Å². The first-order chi connectivity index (χ1) is 12.6. The predicted molar refractivity (Wildman–Crippen MR) is 101 cm³/mol. The number of hydrogen-bond acceptors (Lipinski definition) is 5. The van der Waals surface area contributed by atoms with E-state index in [1.54, 1.807) is 20.8 Å². The standard InChI is InChI=1S/C21H29NO5/c1-14(2)17(12-18(23)27-21(3,4)5)19(24)22-16(13-26-20(22)25)11-15-9-7-6-8-10-15/h6-10,14,16-17H,11-13H2,1-5H3. The number of imide groups is 1. The summed E-state index contributed by atoms with van der Waals surface area (Å²) in [4.78, 5) is 38.8. The topological polar surface area (TPSA) is 72.9 Å². The number of rotatable bonds is 6. The third-order valence-electron chi connectivity index (χ3n) is 4.44. The van der Waals surface area contributed by atoms with Gasteiger partial charge in [0.1, 0.15) is 12.2 Å². The van der Waals surface area contributed by atoms with Gasteiger partial charge < -0.3 is 9.47 Å². The SMILES string of the molecule is CC(C)C(CC(=O)OC(C)(C)C)C(=O)N1C(=O)OCC1Cc1ccccc1. The number of esters is 1. The van der Waals surface area contributed by atoms with Crippen molar-refractivity contribution in [2.24, 2.45) is 11.8 Å². The minimum absolute atomic E-state index is 0.0599. The zero-order chi connectivity index (χ0) is 20.2. The van der Waals surface area contributed by atoms with Crippen LogP contribution in [0.4, 0.5) is 4.79 Å². The summed E-state index contributed by atoms with van der Waals surface area (Å²) in [5.41, 5.74) is 0.399. The Morgan fingerprint density at radius 1 is 1.22 bits per heavy atom. The van der Waals surface area contributed by atoms with Crippen LogP contribution in [0.25, 0.3) is 0 Å². The second-order valence-corrected chi connectivity index (χ2v) is 8.27. The van der Waals surface area contributed by atoms with E-state index in [9.17, 15) is 14.4 Å². The van der Waals surface area contributed by atoms with E-state index in [2.05, 4.69) is 0 Å². The lowest BCUT2D eigenvalue weighted by atomic mass is 9.90. The van der Waals surface area contributed by atoms with Gasteiger partial charge in [0.05, 0.1) is 18.4 Å². The molecule has 0 aliphatic carbocycles. The van der Waals surface area contributed by atoms with Crippen LogP contribution in [0.2, 0.25) is 0 Å². The van der Waals surface area contributed by atoms with Crippen molar-refractivity contribution in [2.75, 3.05) is 6.61 Å². The van der Waals surface area contributed by atoms with Crippen molar-refractivity contribution >= 4 is 18.0 Å². The Morgan fingerprint density at radius 3 is 2.41 bits per heavy atom. The van der Waals surface area contributed by atoms with E-state index < -0.39 is 23.6 Å². The van der Waals surface area contributed by atoms with Gasteiger partial charge in [0.2, 0.25) is 5.91 Å². The summed E-state index contributed by atoms with van der Waals surface area (Å²) in [5.74, 6) is -1.57. The Kier molecular flexibility index (Phi) is 6.63. The van der Waals surface area contributed by atoms with Crippen molar-refractivity contribution in [1.29, 1.82) is 0 Å². The second-order valence-electron chi connectivity index (χ2n) is 8.27. The van der Waals surface area contributed by atoms with Crippen molar-refractivity contribution in [3.8, 4) is 0 Å². The van der Waals surface area contributed by atoms with Crippen molar-refractivity contribution in [2.45, 2.75) is 59.1 Å². The molecule has 1 aromatic rings. The molecular formula is C21H29NO5. The molecule has 1 fully saturated rings. The highest BCUT2D eigenvalue weighted by Crippen LogP contribution is 2.26. The van der Waals surface area contributed by atoms with Crippen LogP contribution >= 0.6 is 0 Å². The summed E-state index contributed by atoms with van der Waals surface area (Å²) in [6.07, 6.45) is -0.179. The molecule has 27 heavy (non-hydrogen) atoms. The molecule has 1 aromatic carbocycles. The monoisotopic (exact) mass is 375 g/mol. The van der Waals surface area contributed by atoms with Crippen molar-refractivity contribution in [3.63, 3.8) is 0 Å².